The second-order valence-corrected chi connectivity index (χ2v) is 3.81. The van der Waals surface area contributed by atoms with Crippen molar-refractivity contribution in [3.05, 3.63) is 47.2 Å². The summed E-state index contributed by atoms with van der Waals surface area (Å²) in [5.74, 6) is -0.125. The van der Waals surface area contributed by atoms with Crippen molar-refractivity contribution in [3.63, 3.8) is 0 Å². The quantitative estimate of drug-likeness (QED) is 0.885. The highest BCUT2D eigenvalue weighted by Crippen LogP contribution is 2.21. The zero-order valence-corrected chi connectivity index (χ0v) is 9.90. The van der Waals surface area contributed by atoms with Crippen LogP contribution in [0.15, 0.2) is 36.5 Å². The summed E-state index contributed by atoms with van der Waals surface area (Å²) >= 11 is 5.77. The molecule has 86 valence electrons. The maximum atomic E-state index is 11.5. The molecule has 2 rings (SSSR count). The number of hydrogen-bond donors (Lipinski definition) is 1. The third kappa shape index (κ3) is 2.60. The van der Waals surface area contributed by atoms with Crippen molar-refractivity contribution in [1.82, 2.24) is 15.5 Å². The number of carbonyl (C=O) groups is 1. The maximum absolute atomic E-state index is 11.5. The molecule has 1 aromatic carbocycles. The Hall–Kier alpha value is -1.94. The summed E-state index contributed by atoms with van der Waals surface area (Å²) in [6, 6.07) is 8.94. The molecule has 1 N–H and O–H groups in total. The molecule has 5 heteroatoms. The molecule has 0 radical (unpaired) electrons. The van der Waals surface area contributed by atoms with Gasteiger partial charge in [-0.2, -0.15) is 5.10 Å². The fourth-order valence-electron chi connectivity index (χ4n) is 1.48. The molecule has 0 aliphatic rings. The Kier molecular flexibility index (Phi) is 3.35. The first kappa shape index (κ1) is 11.5. The molecule has 1 heterocycles. The lowest BCUT2D eigenvalue weighted by atomic mass is 10.1. The zero-order valence-electron chi connectivity index (χ0n) is 9.14. The Morgan fingerprint density at radius 1 is 1.29 bits per heavy atom. The van der Waals surface area contributed by atoms with E-state index >= 15 is 0 Å². The van der Waals surface area contributed by atoms with E-state index in [9.17, 15) is 4.79 Å². The number of hydrogen-bond acceptors (Lipinski definition) is 3. The van der Waals surface area contributed by atoms with Gasteiger partial charge in [0.15, 0.2) is 5.15 Å². The van der Waals surface area contributed by atoms with Gasteiger partial charge in [-0.3, -0.25) is 4.79 Å². The second-order valence-electron chi connectivity index (χ2n) is 3.43. The summed E-state index contributed by atoms with van der Waals surface area (Å²) in [7, 11) is 1.60. The fourth-order valence-corrected chi connectivity index (χ4v) is 1.64. The normalized spacial score (nSPS) is 10.0. The molecule has 0 atom stereocenters. The summed E-state index contributed by atoms with van der Waals surface area (Å²) in [5, 5.41) is 10.4. The summed E-state index contributed by atoms with van der Waals surface area (Å²) in [6.07, 6.45) is 1.61. The van der Waals surface area contributed by atoms with Crippen LogP contribution in [0, 0.1) is 0 Å². The first-order chi connectivity index (χ1) is 8.20. The number of benzene rings is 1. The molecule has 0 saturated carbocycles. The van der Waals surface area contributed by atoms with E-state index in [-0.39, 0.29) is 5.91 Å². The Labute approximate surface area is 104 Å². The molecule has 0 unspecified atom stereocenters. The van der Waals surface area contributed by atoms with Crippen LogP contribution in [0.2, 0.25) is 5.15 Å². The molecule has 0 fully saturated rings. The van der Waals surface area contributed by atoms with Crippen molar-refractivity contribution in [2.45, 2.75) is 0 Å². The molecule has 0 bridgehead atoms. The van der Waals surface area contributed by atoms with E-state index in [1.807, 2.05) is 12.1 Å². The average molecular weight is 248 g/mol. The second kappa shape index (κ2) is 4.93. The van der Waals surface area contributed by atoms with Crippen molar-refractivity contribution < 1.29 is 4.79 Å². The van der Waals surface area contributed by atoms with Crippen molar-refractivity contribution in [2.75, 3.05) is 7.05 Å². The minimum Gasteiger partial charge on any atom is -0.355 e. The third-order valence-electron chi connectivity index (χ3n) is 2.31. The van der Waals surface area contributed by atoms with Crippen LogP contribution in [-0.2, 0) is 0 Å². The topological polar surface area (TPSA) is 54.9 Å². The first-order valence-corrected chi connectivity index (χ1v) is 5.39. The van der Waals surface area contributed by atoms with E-state index in [0.29, 0.717) is 10.7 Å². The fraction of sp³-hybridized carbons (Fsp3) is 0.0833. The highest BCUT2D eigenvalue weighted by Gasteiger charge is 2.05. The van der Waals surface area contributed by atoms with Crippen LogP contribution in [0.3, 0.4) is 0 Å². The van der Waals surface area contributed by atoms with Gasteiger partial charge in [0.1, 0.15) is 0 Å². The lowest BCUT2D eigenvalue weighted by Gasteiger charge is -2.04. The van der Waals surface area contributed by atoms with Crippen LogP contribution < -0.4 is 5.32 Å². The number of amides is 1. The van der Waals surface area contributed by atoms with E-state index < -0.39 is 0 Å². The molecular weight excluding hydrogens is 238 g/mol. The van der Waals surface area contributed by atoms with Gasteiger partial charge in [0.2, 0.25) is 0 Å². The number of aromatic nitrogens is 2. The minimum absolute atomic E-state index is 0.125. The van der Waals surface area contributed by atoms with Crippen LogP contribution in [0.25, 0.3) is 11.1 Å². The number of carbonyl (C=O) groups excluding carboxylic acids is 1. The van der Waals surface area contributed by atoms with E-state index in [2.05, 4.69) is 15.5 Å². The average Bonchev–Trinajstić information content (AvgIpc) is 2.38. The molecule has 0 saturated heterocycles. The number of rotatable bonds is 2. The van der Waals surface area contributed by atoms with E-state index in [1.54, 1.807) is 31.4 Å². The molecule has 0 spiro atoms. The van der Waals surface area contributed by atoms with Crippen LogP contribution in [0.4, 0.5) is 0 Å². The van der Waals surface area contributed by atoms with Gasteiger partial charge in [-0.25, -0.2) is 0 Å². The van der Waals surface area contributed by atoms with Crippen molar-refractivity contribution in [3.8, 4) is 11.1 Å². The van der Waals surface area contributed by atoms with E-state index in [0.717, 1.165) is 11.1 Å². The molecule has 0 aliphatic carbocycles. The maximum Gasteiger partial charge on any atom is 0.251 e. The lowest BCUT2D eigenvalue weighted by Crippen LogP contribution is -2.17. The Morgan fingerprint density at radius 2 is 2.12 bits per heavy atom. The van der Waals surface area contributed by atoms with Gasteiger partial charge in [0.05, 0.1) is 6.20 Å². The highest BCUT2D eigenvalue weighted by molar-refractivity contribution is 6.29. The van der Waals surface area contributed by atoms with Gasteiger partial charge in [-0.1, -0.05) is 23.7 Å². The predicted molar refractivity (Wildman–Crippen MR) is 65.9 cm³/mol. The van der Waals surface area contributed by atoms with Crippen molar-refractivity contribution in [1.29, 1.82) is 0 Å². The van der Waals surface area contributed by atoms with Gasteiger partial charge < -0.3 is 5.32 Å². The number of nitrogens with one attached hydrogen (secondary N) is 1. The molecule has 4 nitrogen and oxygen atoms in total. The van der Waals surface area contributed by atoms with Crippen LogP contribution in [0.5, 0.6) is 0 Å². The molecule has 1 amide bonds. The SMILES string of the molecule is CNC(=O)c1cccc(-c2cnnc(Cl)c2)c1. The summed E-state index contributed by atoms with van der Waals surface area (Å²) in [5.41, 5.74) is 2.30. The van der Waals surface area contributed by atoms with Gasteiger partial charge in [-0.15, -0.1) is 5.10 Å². The van der Waals surface area contributed by atoms with Crippen LogP contribution in [0.1, 0.15) is 10.4 Å². The number of halogens is 1. The predicted octanol–water partition coefficient (Wildman–Crippen LogP) is 2.16. The molecule has 0 aliphatic heterocycles. The number of nitrogens with zero attached hydrogens (tertiary/aromatic N) is 2. The smallest absolute Gasteiger partial charge is 0.251 e. The first-order valence-electron chi connectivity index (χ1n) is 5.01. The molecule has 17 heavy (non-hydrogen) atoms. The summed E-state index contributed by atoms with van der Waals surface area (Å²) in [4.78, 5) is 11.5. The Bertz CT molecular complexity index is 557. The van der Waals surface area contributed by atoms with E-state index in [1.165, 1.54) is 0 Å². The van der Waals surface area contributed by atoms with Gasteiger partial charge >= 0.3 is 0 Å². The van der Waals surface area contributed by atoms with Crippen molar-refractivity contribution in [2.24, 2.45) is 0 Å². The van der Waals surface area contributed by atoms with Gasteiger partial charge in [0.25, 0.3) is 5.91 Å². The Morgan fingerprint density at radius 3 is 2.82 bits per heavy atom. The summed E-state index contributed by atoms with van der Waals surface area (Å²) < 4.78 is 0. The Balaban J connectivity index is 2.43. The summed E-state index contributed by atoms with van der Waals surface area (Å²) in [6.45, 7) is 0. The van der Waals surface area contributed by atoms with Crippen LogP contribution >= 0.6 is 11.6 Å². The van der Waals surface area contributed by atoms with E-state index in [4.69, 9.17) is 11.6 Å². The van der Waals surface area contributed by atoms with Gasteiger partial charge in [-0.05, 0) is 23.8 Å². The standard InChI is InChI=1S/C12H10ClN3O/c1-14-12(17)9-4-2-3-8(5-9)10-6-11(13)16-15-7-10/h2-7H,1H3,(H,14,17). The molecule has 1 aromatic heterocycles. The zero-order chi connectivity index (χ0) is 12.3. The lowest BCUT2D eigenvalue weighted by molar-refractivity contribution is 0.0963. The third-order valence-corrected chi connectivity index (χ3v) is 2.49. The monoisotopic (exact) mass is 247 g/mol. The molecular formula is C12H10ClN3O. The van der Waals surface area contributed by atoms with Crippen molar-refractivity contribution >= 4 is 17.5 Å². The largest absolute Gasteiger partial charge is 0.355 e. The minimum atomic E-state index is -0.125. The highest BCUT2D eigenvalue weighted by atomic mass is 35.5. The molecule has 2 aromatic rings. The van der Waals surface area contributed by atoms with Gasteiger partial charge in [0, 0.05) is 18.2 Å². The van der Waals surface area contributed by atoms with Crippen LogP contribution in [-0.4, -0.2) is 23.2 Å².